The number of fused-ring (bicyclic) bond motifs is 4. The molecular formula is C17H13F2N3O4. The number of halogens is 2. The van der Waals surface area contributed by atoms with E-state index in [-0.39, 0.29) is 17.8 Å². The van der Waals surface area contributed by atoms with Crippen LogP contribution in [0.2, 0.25) is 0 Å². The first kappa shape index (κ1) is 16.2. The van der Waals surface area contributed by atoms with Gasteiger partial charge in [0.1, 0.15) is 5.75 Å². The number of nitrogens with one attached hydrogen (secondary N) is 1. The van der Waals surface area contributed by atoms with Crippen LogP contribution < -0.4 is 15.0 Å². The number of carbonyl (C=O) groups is 1. The number of nitrogens with zero attached hydrogens (tertiary/aromatic N) is 2. The molecule has 2 bridgehead atoms. The van der Waals surface area contributed by atoms with Crippen molar-refractivity contribution in [3.8, 4) is 5.75 Å². The van der Waals surface area contributed by atoms with Gasteiger partial charge in [0.05, 0.1) is 16.7 Å². The lowest BCUT2D eigenvalue weighted by atomic mass is 9.90. The van der Waals surface area contributed by atoms with Crippen LogP contribution in [-0.2, 0) is 0 Å². The van der Waals surface area contributed by atoms with E-state index >= 15 is 0 Å². The summed E-state index contributed by atoms with van der Waals surface area (Å²) >= 11 is 0. The van der Waals surface area contributed by atoms with Gasteiger partial charge in [-0.1, -0.05) is 0 Å². The van der Waals surface area contributed by atoms with Crippen LogP contribution in [0.5, 0.6) is 5.75 Å². The highest BCUT2D eigenvalue weighted by molar-refractivity contribution is 5.94. The molecule has 0 unspecified atom stereocenters. The molecular weight excluding hydrogens is 348 g/mol. The fourth-order valence-corrected chi connectivity index (χ4v) is 3.49. The largest absolute Gasteiger partial charge is 0.467 e. The van der Waals surface area contributed by atoms with Crippen molar-refractivity contribution in [2.75, 3.05) is 4.90 Å². The summed E-state index contributed by atoms with van der Waals surface area (Å²) in [5.74, 6) is -1.70. The van der Waals surface area contributed by atoms with E-state index in [1.54, 1.807) is 6.92 Å². The smallest absolute Gasteiger partial charge is 0.325 e. The van der Waals surface area contributed by atoms with E-state index in [4.69, 9.17) is 4.74 Å². The van der Waals surface area contributed by atoms with Gasteiger partial charge in [-0.15, -0.1) is 0 Å². The average Bonchev–Trinajstić information content (AvgIpc) is 2.57. The zero-order valence-corrected chi connectivity index (χ0v) is 13.5. The molecule has 0 aromatic heterocycles. The maximum atomic E-state index is 13.6. The normalized spacial score (nSPS) is 23.7. The summed E-state index contributed by atoms with van der Waals surface area (Å²) in [6.07, 6.45) is 0.284. The third kappa shape index (κ3) is 2.35. The van der Waals surface area contributed by atoms with Crippen molar-refractivity contribution in [1.29, 1.82) is 0 Å². The van der Waals surface area contributed by atoms with Crippen LogP contribution in [0.4, 0.5) is 25.0 Å². The van der Waals surface area contributed by atoms with Crippen molar-refractivity contribution in [3.63, 3.8) is 0 Å². The van der Waals surface area contributed by atoms with E-state index in [9.17, 15) is 23.7 Å². The molecule has 2 aliphatic heterocycles. The number of nitro benzene ring substituents is 1. The van der Waals surface area contributed by atoms with Crippen molar-refractivity contribution >= 4 is 17.4 Å². The summed E-state index contributed by atoms with van der Waals surface area (Å²) in [5.41, 5.74) is -0.601. The van der Waals surface area contributed by atoms with Crippen LogP contribution in [0.1, 0.15) is 24.9 Å². The Labute approximate surface area is 146 Å². The van der Waals surface area contributed by atoms with E-state index in [2.05, 4.69) is 5.32 Å². The number of rotatable bonds is 2. The maximum absolute atomic E-state index is 13.6. The van der Waals surface area contributed by atoms with Gasteiger partial charge in [-0.25, -0.2) is 13.6 Å². The van der Waals surface area contributed by atoms with E-state index in [1.807, 2.05) is 0 Å². The summed E-state index contributed by atoms with van der Waals surface area (Å²) < 4.78 is 32.8. The number of hydrogen-bond donors (Lipinski definition) is 1. The Balaban J connectivity index is 1.78. The van der Waals surface area contributed by atoms with Gasteiger partial charge >= 0.3 is 6.03 Å². The van der Waals surface area contributed by atoms with Crippen LogP contribution in [0.25, 0.3) is 0 Å². The van der Waals surface area contributed by atoms with E-state index < -0.39 is 34.4 Å². The standard InChI is InChI=1S/C17H13F2N3O4/c1-17-8-14(11-6-10(22(24)25)3-5-15(11)26-17)20-16(23)21(17)9-2-4-12(18)13(19)7-9/h2-7,14H,8H2,1H3,(H,20,23)/t14-,17-/m1/s1. The molecule has 7 nitrogen and oxygen atoms in total. The van der Waals surface area contributed by atoms with Crippen LogP contribution in [0.3, 0.4) is 0 Å². The van der Waals surface area contributed by atoms with Crippen LogP contribution in [0, 0.1) is 21.7 Å². The Morgan fingerprint density at radius 2 is 2.04 bits per heavy atom. The SMILES string of the molecule is C[C@@]12C[C@@H](NC(=O)N1c1ccc(F)c(F)c1)c1cc([N+](=O)[O-])ccc1O2. The maximum Gasteiger partial charge on any atom is 0.325 e. The molecule has 26 heavy (non-hydrogen) atoms. The van der Waals surface area contributed by atoms with Gasteiger partial charge in [-0.3, -0.25) is 15.0 Å². The number of ether oxygens (including phenoxy) is 1. The zero-order chi connectivity index (χ0) is 18.6. The van der Waals surface area contributed by atoms with Crippen molar-refractivity contribution in [1.82, 2.24) is 5.32 Å². The van der Waals surface area contributed by atoms with E-state index in [0.29, 0.717) is 11.3 Å². The molecule has 2 atom stereocenters. The molecule has 134 valence electrons. The van der Waals surface area contributed by atoms with Crippen molar-refractivity contribution in [2.45, 2.75) is 25.1 Å². The van der Waals surface area contributed by atoms with Gasteiger partial charge < -0.3 is 10.1 Å². The van der Waals surface area contributed by atoms with Crippen LogP contribution >= 0.6 is 0 Å². The molecule has 1 N–H and O–H groups in total. The summed E-state index contributed by atoms with van der Waals surface area (Å²) in [4.78, 5) is 24.3. The number of anilines is 1. The van der Waals surface area contributed by atoms with Crippen molar-refractivity contribution < 1.29 is 23.2 Å². The fraction of sp³-hybridized carbons (Fsp3) is 0.235. The third-order valence-corrected chi connectivity index (χ3v) is 4.63. The average molecular weight is 361 g/mol. The number of non-ortho nitro benzene ring substituents is 1. The summed E-state index contributed by atoms with van der Waals surface area (Å²) in [6, 6.07) is 6.25. The highest BCUT2D eigenvalue weighted by Gasteiger charge is 2.50. The quantitative estimate of drug-likeness (QED) is 0.654. The van der Waals surface area contributed by atoms with Gasteiger partial charge in [0.2, 0.25) is 0 Å². The van der Waals surface area contributed by atoms with Gasteiger partial charge in [-0.05, 0) is 25.1 Å². The lowest BCUT2D eigenvalue weighted by Gasteiger charge is -2.50. The molecule has 9 heteroatoms. The number of carbonyl (C=O) groups excluding carboxylic acids is 1. The lowest BCUT2D eigenvalue weighted by Crippen LogP contribution is -2.65. The van der Waals surface area contributed by atoms with Gasteiger partial charge in [-0.2, -0.15) is 0 Å². The minimum atomic E-state index is -1.15. The molecule has 4 rings (SSSR count). The number of amides is 2. The second kappa shape index (κ2) is 5.38. The molecule has 2 aromatic rings. The predicted molar refractivity (Wildman–Crippen MR) is 86.9 cm³/mol. The molecule has 0 saturated carbocycles. The molecule has 2 amide bonds. The minimum Gasteiger partial charge on any atom is -0.467 e. The highest BCUT2D eigenvalue weighted by atomic mass is 19.2. The Bertz CT molecular complexity index is 952. The lowest BCUT2D eigenvalue weighted by molar-refractivity contribution is -0.385. The monoisotopic (exact) mass is 361 g/mol. The summed E-state index contributed by atoms with van der Waals surface area (Å²) in [5, 5.41) is 13.7. The highest BCUT2D eigenvalue weighted by Crippen LogP contribution is 2.46. The molecule has 1 saturated heterocycles. The summed E-state index contributed by atoms with van der Waals surface area (Å²) in [7, 11) is 0. The fourth-order valence-electron chi connectivity index (χ4n) is 3.49. The Morgan fingerprint density at radius 1 is 1.27 bits per heavy atom. The first-order valence-corrected chi connectivity index (χ1v) is 7.82. The molecule has 2 aliphatic rings. The molecule has 0 radical (unpaired) electrons. The molecule has 1 fully saturated rings. The Morgan fingerprint density at radius 3 is 2.73 bits per heavy atom. The van der Waals surface area contributed by atoms with Gasteiger partial charge in [0, 0.05) is 30.2 Å². The molecule has 0 aliphatic carbocycles. The van der Waals surface area contributed by atoms with E-state index in [0.717, 1.165) is 12.1 Å². The number of nitro groups is 1. The number of hydrogen-bond acceptors (Lipinski definition) is 4. The number of benzene rings is 2. The Kier molecular flexibility index (Phi) is 3.36. The molecule has 2 aromatic carbocycles. The second-order valence-electron chi connectivity index (χ2n) is 6.40. The second-order valence-corrected chi connectivity index (χ2v) is 6.40. The Hall–Kier alpha value is -3.23. The van der Waals surface area contributed by atoms with E-state index in [1.165, 1.54) is 29.2 Å². The van der Waals surface area contributed by atoms with Crippen LogP contribution in [-0.4, -0.2) is 16.7 Å². The molecule has 0 spiro atoms. The topological polar surface area (TPSA) is 84.7 Å². The minimum absolute atomic E-state index is 0.103. The third-order valence-electron chi connectivity index (χ3n) is 4.63. The predicted octanol–water partition coefficient (Wildman–Crippen LogP) is 3.64. The van der Waals surface area contributed by atoms with Crippen molar-refractivity contribution in [3.05, 3.63) is 63.7 Å². The van der Waals surface area contributed by atoms with Gasteiger partial charge in [0.15, 0.2) is 17.4 Å². The van der Waals surface area contributed by atoms with Crippen LogP contribution in [0.15, 0.2) is 36.4 Å². The zero-order valence-electron chi connectivity index (χ0n) is 13.5. The van der Waals surface area contributed by atoms with Gasteiger partial charge in [0.25, 0.3) is 5.69 Å². The molecule has 2 heterocycles. The first-order chi connectivity index (χ1) is 12.3. The van der Waals surface area contributed by atoms with Crippen molar-refractivity contribution in [2.24, 2.45) is 0 Å². The summed E-state index contributed by atoms with van der Waals surface area (Å²) in [6.45, 7) is 1.66. The number of urea groups is 1. The first-order valence-electron chi connectivity index (χ1n) is 7.82.